The minimum absolute atomic E-state index is 0.0144. The normalized spacial score (nSPS) is 36.3. The monoisotopic (exact) mass is 800 g/mol. The van der Waals surface area contributed by atoms with Gasteiger partial charge in [-0.1, -0.05) is 0 Å². The molecule has 3 saturated heterocycles. The lowest BCUT2D eigenvalue weighted by atomic mass is 9.98. The largest absolute Gasteiger partial charge is 0.504 e. The van der Waals surface area contributed by atoms with Crippen LogP contribution in [-0.4, -0.2) is 176 Å². The molecule has 0 unspecified atom stereocenters. The number of aromatic hydroxyl groups is 1. The highest BCUT2D eigenvalue weighted by Crippen LogP contribution is 2.41. The van der Waals surface area contributed by atoms with Crippen molar-refractivity contribution in [2.24, 2.45) is 0 Å². The quantitative estimate of drug-likeness (QED) is 0.0892. The molecule has 0 radical (unpaired) electrons. The Morgan fingerprint density at radius 2 is 1.27 bits per heavy atom. The van der Waals surface area contributed by atoms with E-state index >= 15 is 0 Å². The maximum atomic E-state index is 14.6. The highest BCUT2D eigenvalue weighted by atomic mass is 16.7. The van der Waals surface area contributed by atoms with E-state index in [-0.39, 0.29) is 39.9 Å². The lowest BCUT2D eigenvalue weighted by molar-refractivity contribution is -0.318. The van der Waals surface area contributed by atoms with Crippen LogP contribution in [-0.2, 0) is 18.9 Å². The molecule has 0 aliphatic carbocycles. The van der Waals surface area contributed by atoms with Crippen molar-refractivity contribution in [2.45, 2.75) is 99.0 Å². The van der Waals surface area contributed by atoms with Crippen molar-refractivity contribution >= 4 is 11.0 Å². The first-order valence-electron chi connectivity index (χ1n) is 17.3. The Hall–Kier alpha value is -3.91. The summed E-state index contributed by atoms with van der Waals surface area (Å²) in [6.45, 7) is -0.0150. The van der Waals surface area contributed by atoms with Gasteiger partial charge in [0, 0.05) is 17.7 Å². The molecule has 0 amide bonds. The van der Waals surface area contributed by atoms with E-state index in [1.165, 1.54) is 45.4 Å². The molecular weight excluding hydrogens is 756 g/mol. The third-order valence-corrected chi connectivity index (χ3v) is 9.80. The molecule has 21 heteroatoms. The molecule has 21 nitrogen and oxygen atoms in total. The van der Waals surface area contributed by atoms with E-state index in [4.69, 9.17) is 42.3 Å². The van der Waals surface area contributed by atoms with Gasteiger partial charge in [0.15, 0.2) is 23.5 Å². The van der Waals surface area contributed by atoms with E-state index in [1.807, 2.05) is 0 Å². The van der Waals surface area contributed by atoms with Crippen LogP contribution in [0.15, 0.2) is 39.5 Å². The predicted molar refractivity (Wildman–Crippen MR) is 183 cm³/mol. The van der Waals surface area contributed by atoms with Crippen LogP contribution in [0.4, 0.5) is 0 Å². The van der Waals surface area contributed by atoms with Crippen LogP contribution < -0.4 is 24.4 Å². The minimum atomic E-state index is -2.04. The van der Waals surface area contributed by atoms with Crippen molar-refractivity contribution < 1.29 is 98.5 Å². The number of benzene rings is 2. The summed E-state index contributed by atoms with van der Waals surface area (Å²) in [6.07, 6.45) is -25.3. The summed E-state index contributed by atoms with van der Waals surface area (Å²) in [7, 11) is 2.59. The zero-order chi connectivity index (χ0) is 40.7. The highest BCUT2D eigenvalue weighted by Gasteiger charge is 2.48. The fraction of sp³-hybridized carbons (Fsp3) is 0.571. The van der Waals surface area contributed by atoms with Crippen LogP contribution in [0.25, 0.3) is 22.3 Å². The molecule has 2 aromatic carbocycles. The Labute approximate surface area is 316 Å². The van der Waals surface area contributed by atoms with E-state index < -0.39 is 122 Å². The fourth-order valence-electron chi connectivity index (χ4n) is 6.48. The predicted octanol–water partition coefficient (Wildman–Crippen LogP) is -3.61. The topological polar surface area (TPSA) is 327 Å². The minimum Gasteiger partial charge on any atom is -0.504 e. The Morgan fingerprint density at radius 3 is 1.89 bits per heavy atom. The Bertz CT molecular complexity index is 1890. The van der Waals surface area contributed by atoms with E-state index in [1.54, 1.807) is 0 Å². The Balaban J connectivity index is 1.41. The summed E-state index contributed by atoms with van der Waals surface area (Å²) in [4.78, 5) is 14.6. The highest BCUT2D eigenvalue weighted by molar-refractivity contribution is 5.89. The van der Waals surface area contributed by atoms with E-state index in [9.17, 15) is 61.0 Å². The molecule has 3 aliphatic heterocycles. The van der Waals surface area contributed by atoms with Crippen LogP contribution in [0.5, 0.6) is 28.7 Å². The summed E-state index contributed by atoms with van der Waals surface area (Å²) in [5.74, 6) is -1.77. The zero-order valence-electron chi connectivity index (χ0n) is 30.0. The molecule has 56 heavy (non-hydrogen) atoms. The number of methoxy groups -OCH3 is 2. The van der Waals surface area contributed by atoms with Crippen molar-refractivity contribution in [1.29, 1.82) is 0 Å². The van der Waals surface area contributed by atoms with Gasteiger partial charge >= 0.3 is 0 Å². The van der Waals surface area contributed by atoms with Crippen LogP contribution in [0.2, 0.25) is 0 Å². The molecule has 15 atom stereocenters. The van der Waals surface area contributed by atoms with Gasteiger partial charge in [-0.05, 0) is 25.1 Å². The number of aliphatic hydroxyl groups excluding tert-OH is 10. The van der Waals surface area contributed by atoms with Gasteiger partial charge in [-0.3, -0.25) is 4.79 Å². The summed E-state index contributed by atoms with van der Waals surface area (Å²) in [6, 6.07) is 6.37. The molecule has 310 valence electrons. The lowest BCUT2D eigenvalue weighted by Gasteiger charge is -2.42. The second-order valence-corrected chi connectivity index (χ2v) is 13.4. The fourth-order valence-corrected chi connectivity index (χ4v) is 6.48. The molecular formula is C35H44O21. The molecule has 0 spiro atoms. The number of ether oxygens (including phenoxy) is 8. The number of phenolic OH excluding ortho intramolecular Hbond substituents is 1. The van der Waals surface area contributed by atoms with Gasteiger partial charge in [-0.25, -0.2) is 0 Å². The van der Waals surface area contributed by atoms with E-state index in [0.717, 1.165) is 6.07 Å². The molecule has 1 aromatic heterocycles. The average Bonchev–Trinajstić information content (AvgIpc) is 3.19. The second kappa shape index (κ2) is 16.9. The van der Waals surface area contributed by atoms with Gasteiger partial charge in [-0.2, -0.15) is 0 Å². The number of fused-ring (bicyclic) bond motifs is 1. The maximum Gasteiger partial charge on any atom is 0.239 e. The summed E-state index contributed by atoms with van der Waals surface area (Å²) >= 11 is 0. The lowest BCUT2D eigenvalue weighted by Crippen LogP contribution is -2.61. The molecule has 11 N–H and O–H groups in total. The average molecular weight is 801 g/mol. The number of phenols is 1. The SMILES string of the molecule is COc1cc(O[C@@H]2O[C@@H](CO)[C@H](O)[C@H](O)[C@@H]2O)c2c(=O)c(O[C@@H]3O[C@H](CO[C@@H]4O[C@H](C)[C@H](O)[C@H](O)[C@H]4O)[C@H](O)[C@@H](O)[C@H]3O)c(-c3ccc(OC)c(O)c3)oc2c1. The summed E-state index contributed by atoms with van der Waals surface area (Å²) in [5.41, 5.74) is -1.25. The maximum absolute atomic E-state index is 14.6. The number of rotatable bonds is 11. The van der Waals surface area contributed by atoms with Crippen LogP contribution >= 0.6 is 0 Å². The Morgan fingerprint density at radius 1 is 0.661 bits per heavy atom. The van der Waals surface area contributed by atoms with Gasteiger partial charge in [0.05, 0.1) is 33.5 Å². The van der Waals surface area contributed by atoms with E-state index in [0.29, 0.717) is 0 Å². The molecule has 3 aromatic rings. The summed E-state index contributed by atoms with van der Waals surface area (Å²) in [5, 5.41) is 114. The van der Waals surface area contributed by atoms with Crippen molar-refractivity contribution in [2.75, 3.05) is 27.4 Å². The number of aliphatic hydroxyl groups is 10. The zero-order valence-corrected chi connectivity index (χ0v) is 30.0. The van der Waals surface area contributed by atoms with E-state index in [2.05, 4.69) is 0 Å². The molecule has 3 fully saturated rings. The molecule has 0 saturated carbocycles. The van der Waals surface area contributed by atoms with Gasteiger partial charge < -0.3 is 98.5 Å². The van der Waals surface area contributed by atoms with Crippen LogP contribution in [0.1, 0.15) is 6.92 Å². The number of hydrogen-bond acceptors (Lipinski definition) is 21. The van der Waals surface area contributed by atoms with Crippen molar-refractivity contribution in [3.63, 3.8) is 0 Å². The van der Waals surface area contributed by atoms with Crippen LogP contribution in [0, 0.1) is 0 Å². The van der Waals surface area contributed by atoms with Crippen LogP contribution in [0.3, 0.4) is 0 Å². The summed E-state index contributed by atoms with van der Waals surface area (Å²) < 4.78 is 50.6. The van der Waals surface area contributed by atoms with Crippen molar-refractivity contribution in [1.82, 2.24) is 0 Å². The van der Waals surface area contributed by atoms with Gasteiger partial charge in [0.2, 0.25) is 23.8 Å². The third-order valence-electron chi connectivity index (χ3n) is 9.80. The Kier molecular flexibility index (Phi) is 12.6. The molecule has 3 aliphatic rings. The first-order chi connectivity index (χ1) is 26.6. The standard InChI is InChI=1S/C35H44O21/c1-11-21(38)25(42)28(45)33(51-11)50-10-19-23(40)27(44)30(47)35(55-19)56-32-24(41)20-16(52-31(32)12-4-5-15(49-3)14(37)6-12)7-13(48-2)8-17(20)53-34-29(46)26(43)22(39)18(9-36)54-34/h4-8,11,18-19,21-23,25-30,33-40,42-47H,9-10H2,1-3H3/t11-,18+,19-,21+,22+,23+,25+,26+,27-,28-,29+,30-,33-,34-,35+/m1/s1. The number of hydrogen-bond donors (Lipinski definition) is 11. The van der Waals surface area contributed by atoms with Crippen molar-refractivity contribution in [3.05, 3.63) is 40.6 Å². The van der Waals surface area contributed by atoms with Gasteiger partial charge in [-0.15, -0.1) is 0 Å². The molecule has 6 rings (SSSR count). The third kappa shape index (κ3) is 7.84. The van der Waals surface area contributed by atoms with Crippen molar-refractivity contribution in [3.8, 4) is 40.1 Å². The first-order valence-corrected chi connectivity index (χ1v) is 17.3. The smallest absolute Gasteiger partial charge is 0.239 e. The van der Waals surface area contributed by atoms with Gasteiger partial charge in [0.25, 0.3) is 0 Å². The molecule has 0 bridgehead atoms. The van der Waals surface area contributed by atoms with Gasteiger partial charge in [0.1, 0.15) is 89.6 Å². The first kappa shape index (κ1) is 41.7. The second-order valence-electron chi connectivity index (χ2n) is 13.4. The molecule has 4 heterocycles.